The molecule has 34 heavy (non-hydrogen) atoms. The van der Waals surface area contributed by atoms with Gasteiger partial charge in [-0.25, -0.2) is 0 Å². The summed E-state index contributed by atoms with van der Waals surface area (Å²) in [7, 11) is 1.58. The van der Waals surface area contributed by atoms with Crippen LogP contribution in [0, 0.1) is 15.9 Å². The number of carbonyl (C=O) groups is 1. The Morgan fingerprint density at radius 2 is 1.91 bits per heavy atom. The highest BCUT2D eigenvalue weighted by atomic mass is 32.2. The molecule has 0 spiro atoms. The summed E-state index contributed by atoms with van der Waals surface area (Å²) < 4.78 is 20.7. The summed E-state index contributed by atoms with van der Waals surface area (Å²) in [4.78, 5) is 22.6. The van der Waals surface area contributed by atoms with E-state index in [0.29, 0.717) is 16.7 Å². The van der Waals surface area contributed by atoms with E-state index in [9.17, 15) is 19.3 Å². The third kappa shape index (κ3) is 5.04. The molecule has 3 aromatic carbocycles. The number of hydrogen-bond acceptors (Lipinski definition) is 7. The maximum atomic E-state index is 13.5. The quantitative estimate of drug-likeness (QED) is 0.221. The molecular formula is C23H18FN5O4S. The zero-order chi connectivity index (χ0) is 24.1. The summed E-state index contributed by atoms with van der Waals surface area (Å²) in [6.07, 6.45) is 0. The van der Waals surface area contributed by atoms with Crippen molar-refractivity contribution in [1.82, 2.24) is 14.8 Å². The minimum atomic E-state index is -0.974. The average Bonchev–Trinajstić information content (AvgIpc) is 3.28. The molecule has 0 saturated carbocycles. The Balaban J connectivity index is 1.57. The number of methoxy groups -OCH3 is 1. The fraction of sp³-hybridized carbons (Fsp3) is 0.0870. The van der Waals surface area contributed by atoms with E-state index in [4.69, 9.17) is 4.74 Å². The number of halogens is 1. The van der Waals surface area contributed by atoms with Crippen LogP contribution in [0.25, 0.3) is 17.1 Å². The molecule has 0 fully saturated rings. The number of rotatable bonds is 8. The lowest BCUT2D eigenvalue weighted by Gasteiger charge is -2.11. The molecule has 11 heteroatoms. The van der Waals surface area contributed by atoms with Crippen LogP contribution >= 0.6 is 11.8 Å². The summed E-state index contributed by atoms with van der Waals surface area (Å²) in [5.41, 5.74) is 1.01. The van der Waals surface area contributed by atoms with Crippen LogP contribution in [0.15, 0.2) is 78.0 Å². The molecule has 9 nitrogen and oxygen atoms in total. The van der Waals surface area contributed by atoms with E-state index in [0.717, 1.165) is 35.1 Å². The summed E-state index contributed by atoms with van der Waals surface area (Å²) in [5, 5.41) is 22.5. The third-order valence-electron chi connectivity index (χ3n) is 4.73. The standard InChI is InChI=1S/C23H18FN5O4S/c1-33-18-9-5-6-15(12-18)22-26-27-23(28(22)17-7-3-2-4-8-17)34-14-21(30)25-16-10-11-19(24)20(13-16)29(31)32/h2-13H,14H2,1H3,(H,25,30). The smallest absolute Gasteiger partial charge is 0.306 e. The van der Waals surface area contributed by atoms with Gasteiger partial charge in [-0.15, -0.1) is 10.2 Å². The van der Waals surface area contributed by atoms with E-state index in [1.54, 1.807) is 7.11 Å². The molecule has 0 saturated heterocycles. The van der Waals surface area contributed by atoms with Crippen LogP contribution in [-0.2, 0) is 4.79 Å². The minimum absolute atomic E-state index is 0.0474. The van der Waals surface area contributed by atoms with Gasteiger partial charge in [0, 0.05) is 23.0 Å². The normalized spacial score (nSPS) is 10.6. The van der Waals surface area contributed by atoms with Gasteiger partial charge in [0.15, 0.2) is 11.0 Å². The summed E-state index contributed by atoms with van der Waals surface area (Å²) >= 11 is 1.15. The van der Waals surface area contributed by atoms with E-state index in [2.05, 4.69) is 15.5 Å². The second-order valence-corrected chi connectivity index (χ2v) is 7.91. The van der Waals surface area contributed by atoms with Gasteiger partial charge in [-0.2, -0.15) is 4.39 Å². The molecule has 172 valence electrons. The first-order valence-electron chi connectivity index (χ1n) is 9.98. The Bertz CT molecular complexity index is 1350. The van der Waals surface area contributed by atoms with Crippen molar-refractivity contribution in [2.24, 2.45) is 0 Å². The topological polar surface area (TPSA) is 112 Å². The van der Waals surface area contributed by atoms with Gasteiger partial charge in [-0.1, -0.05) is 42.1 Å². The van der Waals surface area contributed by atoms with Crippen LogP contribution in [-0.4, -0.2) is 38.5 Å². The number of ether oxygens (including phenoxy) is 1. The van der Waals surface area contributed by atoms with Crippen LogP contribution < -0.4 is 10.1 Å². The molecule has 1 heterocycles. The van der Waals surface area contributed by atoms with Gasteiger partial charge in [-0.3, -0.25) is 19.5 Å². The maximum absolute atomic E-state index is 13.5. The van der Waals surface area contributed by atoms with Gasteiger partial charge < -0.3 is 10.1 Å². The van der Waals surface area contributed by atoms with Gasteiger partial charge in [0.2, 0.25) is 11.7 Å². The summed E-state index contributed by atoms with van der Waals surface area (Å²) in [6.45, 7) is 0. The van der Waals surface area contributed by atoms with E-state index >= 15 is 0 Å². The maximum Gasteiger partial charge on any atom is 0.306 e. The second kappa shape index (κ2) is 10.1. The molecule has 0 atom stereocenters. The van der Waals surface area contributed by atoms with E-state index in [1.165, 1.54) is 6.07 Å². The number of aromatic nitrogens is 3. The van der Waals surface area contributed by atoms with Crippen molar-refractivity contribution in [3.8, 4) is 22.8 Å². The Morgan fingerprint density at radius 3 is 2.65 bits per heavy atom. The fourth-order valence-electron chi connectivity index (χ4n) is 3.18. The number of carbonyl (C=O) groups excluding carboxylic acids is 1. The van der Waals surface area contributed by atoms with Crippen LogP contribution in [0.5, 0.6) is 5.75 Å². The van der Waals surface area contributed by atoms with Crippen molar-refractivity contribution in [3.63, 3.8) is 0 Å². The molecule has 0 aliphatic heterocycles. The SMILES string of the molecule is COc1cccc(-c2nnc(SCC(=O)Nc3ccc(F)c([N+](=O)[O-])c3)n2-c2ccccc2)c1. The molecule has 1 amide bonds. The van der Waals surface area contributed by atoms with E-state index in [-0.39, 0.29) is 11.4 Å². The van der Waals surface area contributed by atoms with Crippen LogP contribution in [0.2, 0.25) is 0 Å². The third-order valence-corrected chi connectivity index (χ3v) is 5.66. The van der Waals surface area contributed by atoms with Crippen molar-refractivity contribution >= 4 is 29.0 Å². The van der Waals surface area contributed by atoms with Crippen molar-refractivity contribution in [1.29, 1.82) is 0 Å². The highest BCUT2D eigenvalue weighted by Crippen LogP contribution is 2.30. The Kier molecular flexibility index (Phi) is 6.83. The molecule has 1 aromatic heterocycles. The van der Waals surface area contributed by atoms with Crippen molar-refractivity contribution in [2.75, 3.05) is 18.2 Å². The van der Waals surface area contributed by atoms with E-state index < -0.39 is 22.3 Å². The Morgan fingerprint density at radius 1 is 1.12 bits per heavy atom. The minimum Gasteiger partial charge on any atom is -0.497 e. The number of hydrogen-bond donors (Lipinski definition) is 1. The van der Waals surface area contributed by atoms with Crippen LogP contribution in [0.4, 0.5) is 15.8 Å². The number of nitrogens with zero attached hydrogens (tertiary/aromatic N) is 4. The zero-order valence-electron chi connectivity index (χ0n) is 17.8. The van der Waals surface area contributed by atoms with Crippen molar-refractivity contribution in [2.45, 2.75) is 5.16 Å². The van der Waals surface area contributed by atoms with Gasteiger partial charge in [0.25, 0.3) is 0 Å². The molecule has 1 N–H and O–H groups in total. The number of nitro groups is 1. The Hall–Kier alpha value is -4.25. The number of benzene rings is 3. The average molecular weight is 479 g/mol. The number of nitro benzene ring substituents is 1. The number of amides is 1. The molecule has 0 aliphatic carbocycles. The van der Waals surface area contributed by atoms with Crippen LogP contribution in [0.1, 0.15) is 0 Å². The number of thioether (sulfide) groups is 1. The molecule has 0 aliphatic rings. The molecular weight excluding hydrogens is 461 g/mol. The zero-order valence-corrected chi connectivity index (χ0v) is 18.7. The lowest BCUT2D eigenvalue weighted by Crippen LogP contribution is -2.15. The highest BCUT2D eigenvalue weighted by Gasteiger charge is 2.19. The van der Waals surface area contributed by atoms with E-state index in [1.807, 2.05) is 59.2 Å². The monoisotopic (exact) mass is 479 g/mol. The van der Waals surface area contributed by atoms with Gasteiger partial charge in [0.1, 0.15) is 5.75 Å². The first kappa shape index (κ1) is 22.9. The van der Waals surface area contributed by atoms with Gasteiger partial charge in [0.05, 0.1) is 17.8 Å². The molecule has 4 aromatic rings. The lowest BCUT2D eigenvalue weighted by atomic mass is 10.2. The lowest BCUT2D eigenvalue weighted by molar-refractivity contribution is -0.387. The Labute approximate surface area is 197 Å². The first-order chi connectivity index (χ1) is 16.5. The van der Waals surface area contributed by atoms with Gasteiger partial charge >= 0.3 is 5.69 Å². The van der Waals surface area contributed by atoms with Crippen LogP contribution in [0.3, 0.4) is 0 Å². The predicted molar refractivity (Wildman–Crippen MR) is 126 cm³/mol. The summed E-state index contributed by atoms with van der Waals surface area (Å²) in [5.74, 6) is -0.215. The molecule has 0 radical (unpaired) electrons. The molecule has 4 rings (SSSR count). The largest absolute Gasteiger partial charge is 0.497 e. The fourth-order valence-corrected chi connectivity index (χ4v) is 3.93. The predicted octanol–water partition coefficient (Wildman–Crippen LogP) is 4.72. The number of anilines is 1. The van der Waals surface area contributed by atoms with Gasteiger partial charge in [-0.05, 0) is 36.4 Å². The number of nitrogens with one attached hydrogen (secondary N) is 1. The first-order valence-corrected chi connectivity index (χ1v) is 11.0. The number of para-hydroxylation sites is 1. The molecule has 0 bridgehead atoms. The summed E-state index contributed by atoms with van der Waals surface area (Å²) in [6, 6.07) is 20.0. The van der Waals surface area contributed by atoms with Crippen molar-refractivity contribution < 1.29 is 18.8 Å². The highest BCUT2D eigenvalue weighted by molar-refractivity contribution is 7.99. The molecule has 0 unspecified atom stereocenters. The second-order valence-electron chi connectivity index (χ2n) is 6.97. The van der Waals surface area contributed by atoms with Crippen molar-refractivity contribution in [3.05, 3.63) is 88.7 Å².